The fourth-order valence-corrected chi connectivity index (χ4v) is 1.42. The highest BCUT2D eigenvalue weighted by atomic mass is 19.1. The number of hydrogen-bond acceptors (Lipinski definition) is 2. The highest BCUT2D eigenvalue weighted by Gasteiger charge is 2.08. The zero-order chi connectivity index (χ0) is 12.0. The summed E-state index contributed by atoms with van der Waals surface area (Å²) >= 11 is 0. The standard InChI is InChI=1S/C12H17FN2O/c1-9-5-3-6-10(13)12(9)15-11(16)7-4-8-14-2/h3,5-6,14H,4,7-8H2,1-2H3,(H,15,16). The predicted molar refractivity (Wildman–Crippen MR) is 62.9 cm³/mol. The Bertz CT molecular complexity index is 346. The summed E-state index contributed by atoms with van der Waals surface area (Å²) in [4.78, 5) is 11.5. The van der Waals surface area contributed by atoms with Crippen LogP contribution in [-0.4, -0.2) is 19.5 Å². The second-order valence-corrected chi connectivity index (χ2v) is 3.69. The Labute approximate surface area is 95.0 Å². The van der Waals surface area contributed by atoms with Crippen molar-refractivity contribution in [1.82, 2.24) is 5.32 Å². The first-order valence-electron chi connectivity index (χ1n) is 5.34. The van der Waals surface area contributed by atoms with Gasteiger partial charge in [-0.2, -0.15) is 0 Å². The van der Waals surface area contributed by atoms with Crippen molar-refractivity contribution in [2.24, 2.45) is 0 Å². The summed E-state index contributed by atoms with van der Waals surface area (Å²) < 4.78 is 13.4. The maximum absolute atomic E-state index is 13.4. The third-order valence-electron chi connectivity index (χ3n) is 2.32. The molecule has 0 aliphatic rings. The Morgan fingerprint density at radius 1 is 1.44 bits per heavy atom. The van der Waals surface area contributed by atoms with E-state index in [1.165, 1.54) is 6.07 Å². The number of carbonyl (C=O) groups excluding carboxylic acids is 1. The summed E-state index contributed by atoms with van der Waals surface area (Å²) in [6, 6.07) is 4.74. The maximum Gasteiger partial charge on any atom is 0.224 e. The van der Waals surface area contributed by atoms with Gasteiger partial charge < -0.3 is 10.6 Å². The molecular formula is C12H17FN2O. The van der Waals surface area contributed by atoms with E-state index in [0.29, 0.717) is 6.42 Å². The van der Waals surface area contributed by atoms with Gasteiger partial charge in [-0.25, -0.2) is 4.39 Å². The predicted octanol–water partition coefficient (Wildman–Crippen LogP) is 2.07. The first kappa shape index (κ1) is 12.6. The Morgan fingerprint density at radius 3 is 2.81 bits per heavy atom. The Hall–Kier alpha value is -1.42. The van der Waals surface area contributed by atoms with Crippen molar-refractivity contribution in [3.63, 3.8) is 0 Å². The lowest BCUT2D eigenvalue weighted by atomic mass is 10.2. The van der Waals surface area contributed by atoms with Gasteiger partial charge in [-0.1, -0.05) is 12.1 Å². The molecule has 0 radical (unpaired) electrons. The minimum Gasteiger partial charge on any atom is -0.323 e. The van der Waals surface area contributed by atoms with Crippen LogP contribution in [-0.2, 0) is 4.79 Å². The second-order valence-electron chi connectivity index (χ2n) is 3.69. The van der Waals surface area contributed by atoms with Crippen LogP contribution in [0, 0.1) is 12.7 Å². The van der Waals surface area contributed by atoms with Gasteiger partial charge in [0.1, 0.15) is 5.82 Å². The number of para-hydroxylation sites is 1. The molecule has 0 fully saturated rings. The van der Waals surface area contributed by atoms with Crippen molar-refractivity contribution in [2.45, 2.75) is 19.8 Å². The van der Waals surface area contributed by atoms with Gasteiger partial charge in [0.05, 0.1) is 5.69 Å². The molecule has 1 amide bonds. The molecule has 2 N–H and O–H groups in total. The average Bonchev–Trinajstić information content (AvgIpc) is 2.24. The van der Waals surface area contributed by atoms with Crippen LogP contribution in [0.15, 0.2) is 18.2 Å². The van der Waals surface area contributed by atoms with Crippen LogP contribution in [0.2, 0.25) is 0 Å². The van der Waals surface area contributed by atoms with Crippen LogP contribution in [0.4, 0.5) is 10.1 Å². The average molecular weight is 224 g/mol. The molecule has 0 unspecified atom stereocenters. The topological polar surface area (TPSA) is 41.1 Å². The highest BCUT2D eigenvalue weighted by molar-refractivity contribution is 5.91. The molecule has 16 heavy (non-hydrogen) atoms. The number of benzene rings is 1. The molecule has 0 saturated heterocycles. The van der Waals surface area contributed by atoms with Gasteiger partial charge in [0.15, 0.2) is 0 Å². The lowest BCUT2D eigenvalue weighted by Gasteiger charge is -2.09. The smallest absolute Gasteiger partial charge is 0.224 e. The first-order valence-corrected chi connectivity index (χ1v) is 5.34. The van der Waals surface area contributed by atoms with Crippen LogP contribution < -0.4 is 10.6 Å². The number of amides is 1. The van der Waals surface area contributed by atoms with Crippen LogP contribution in [0.25, 0.3) is 0 Å². The van der Waals surface area contributed by atoms with Crippen molar-refractivity contribution in [1.29, 1.82) is 0 Å². The van der Waals surface area contributed by atoms with Crippen molar-refractivity contribution in [3.05, 3.63) is 29.6 Å². The van der Waals surface area contributed by atoms with Crippen LogP contribution >= 0.6 is 0 Å². The van der Waals surface area contributed by atoms with E-state index in [9.17, 15) is 9.18 Å². The number of aryl methyl sites for hydroxylation is 1. The number of nitrogens with one attached hydrogen (secondary N) is 2. The zero-order valence-corrected chi connectivity index (χ0v) is 9.64. The molecule has 0 saturated carbocycles. The largest absolute Gasteiger partial charge is 0.323 e. The molecule has 3 nitrogen and oxygen atoms in total. The third-order valence-corrected chi connectivity index (χ3v) is 2.32. The van der Waals surface area contributed by atoms with Crippen molar-refractivity contribution in [3.8, 4) is 0 Å². The molecule has 0 bridgehead atoms. The fourth-order valence-electron chi connectivity index (χ4n) is 1.42. The van der Waals surface area contributed by atoms with Gasteiger partial charge in [0.2, 0.25) is 5.91 Å². The van der Waals surface area contributed by atoms with Gasteiger partial charge in [0.25, 0.3) is 0 Å². The van der Waals surface area contributed by atoms with E-state index >= 15 is 0 Å². The number of halogens is 1. The van der Waals surface area contributed by atoms with E-state index in [1.807, 2.05) is 7.05 Å². The Kier molecular flexibility index (Phi) is 4.92. The summed E-state index contributed by atoms with van der Waals surface area (Å²) in [5, 5.41) is 5.55. The number of anilines is 1. The molecule has 0 aromatic heterocycles. The third kappa shape index (κ3) is 3.62. The summed E-state index contributed by atoms with van der Waals surface area (Å²) in [6.45, 7) is 2.55. The van der Waals surface area contributed by atoms with Crippen LogP contribution in [0.5, 0.6) is 0 Å². The summed E-state index contributed by atoms with van der Waals surface area (Å²) in [5.41, 5.74) is 1.03. The quantitative estimate of drug-likeness (QED) is 0.752. The molecule has 0 atom stereocenters. The fraction of sp³-hybridized carbons (Fsp3) is 0.417. The van der Waals surface area contributed by atoms with E-state index < -0.39 is 0 Å². The molecular weight excluding hydrogens is 207 g/mol. The van der Waals surface area contributed by atoms with Gasteiger partial charge in [-0.3, -0.25) is 4.79 Å². The summed E-state index contributed by atoms with van der Waals surface area (Å²) in [6.07, 6.45) is 1.14. The molecule has 0 spiro atoms. The summed E-state index contributed by atoms with van der Waals surface area (Å²) in [7, 11) is 1.83. The van der Waals surface area contributed by atoms with E-state index in [1.54, 1.807) is 19.1 Å². The monoisotopic (exact) mass is 224 g/mol. The lowest BCUT2D eigenvalue weighted by Crippen LogP contribution is -2.16. The number of hydrogen-bond donors (Lipinski definition) is 2. The molecule has 4 heteroatoms. The maximum atomic E-state index is 13.4. The van der Waals surface area contributed by atoms with E-state index in [2.05, 4.69) is 10.6 Å². The number of carbonyl (C=O) groups is 1. The van der Waals surface area contributed by atoms with Gasteiger partial charge in [-0.05, 0) is 38.6 Å². The molecule has 0 aliphatic heterocycles. The zero-order valence-electron chi connectivity index (χ0n) is 9.64. The Morgan fingerprint density at radius 2 is 2.19 bits per heavy atom. The van der Waals surface area contributed by atoms with Crippen molar-refractivity contribution in [2.75, 3.05) is 18.9 Å². The summed E-state index contributed by atoms with van der Waals surface area (Å²) in [5.74, 6) is -0.537. The first-order chi connectivity index (χ1) is 7.65. The van der Waals surface area contributed by atoms with Crippen molar-refractivity contribution >= 4 is 11.6 Å². The van der Waals surface area contributed by atoms with Crippen molar-refractivity contribution < 1.29 is 9.18 Å². The number of rotatable bonds is 5. The van der Waals surface area contributed by atoms with Gasteiger partial charge >= 0.3 is 0 Å². The normalized spacial score (nSPS) is 10.2. The van der Waals surface area contributed by atoms with E-state index in [4.69, 9.17) is 0 Å². The lowest BCUT2D eigenvalue weighted by molar-refractivity contribution is -0.116. The second kappa shape index (κ2) is 6.23. The SMILES string of the molecule is CNCCCC(=O)Nc1c(C)cccc1F. The molecule has 1 rings (SSSR count). The van der Waals surface area contributed by atoms with Gasteiger partial charge in [-0.15, -0.1) is 0 Å². The van der Waals surface area contributed by atoms with E-state index in [0.717, 1.165) is 18.5 Å². The minimum absolute atomic E-state index is 0.150. The Balaban J connectivity index is 2.56. The molecule has 1 aromatic rings. The molecule has 0 aliphatic carbocycles. The minimum atomic E-state index is -0.387. The molecule has 88 valence electrons. The van der Waals surface area contributed by atoms with E-state index in [-0.39, 0.29) is 17.4 Å². The van der Waals surface area contributed by atoms with Crippen LogP contribution in [0.3, 0.4) is 0 Å². The molecule has 1 aromatic carbocycles. The highest BCUT2D eigenvalue weighted by Crippen LogP contribution is 2.18. The van der Waals surface area contributed by atoms with Gasteiger partial charge in [0, 0.05) is 6.42 Å². The molecule has 0 heterocycles. The van der Waals surface area contributed by atoms with Crippen LogP contribution in [0.1, 0.15) is 18.4 Å².